The topological polar surface area (TPSA) is 97.0 Å². The first-order chi connectivity index (χ1) is 14.7. The van der Waals surface area contributed by atoms with Crippen LogP contribution in [0.5, 0.6) is 11.5 Å². The quantitative estimate of drug-likeness (QED) is 0.664. The van der Waals surface area contributed by atoms with E-state index in [0.29, 0.717) is 28.7 Å². The number of imide groups is 1. The summed E-state index contributed by atoms with van der Waals surface area (Å²) >= 11 is 0. The zero-order valence-corrected chi connectivity index (χ0v) is 18.3. The molecule has 1 saturated heterocycles. The molecule has 164 valence electrons. The van der Waals surface area contributed by atoms with Gasteiger partial charge in [0.05, 0.1) is 14.2 Å². The second-order valence-electron chi connectivity index (χ2n) is 7.84. The first kappa shape index (κ1) is 22.1. The van der Waals surface area contributed by atoms with Gasteiger partial charge in [-0.3, -0.25) is 14.5 Å². The average molecular weight is 425 g/mol. The van der Waals surface area contributed by atoms with Crippen LogP contribution in [0.2, 0.25) is 0 Å². The summed E-state index contributed by atoms with van der Waals surface area (Å²) in [5, 5.41) is 5.45. The summed E-state index contributed by atoms with van der Waals surface area (Å²) < 4.78 is 10.5. The van der Waals surface area contributed by atoms with Gasteiger partial charge in [-0.1, -0.05) is 32.0 Å². The number of hydrogen-bond donors (Lipinski definition) is 2. The molecule has 0 aliphatic carbocycles. The molecule has 8 heteroatoms. The van der Waals surface area contributed by atoms with Gasteiger partial charge in [0.2, 0.25) is 5.91 Å². The molecular weight excluding hydrogens is 398 g/mol. The van der Waals surface area contributed by atoms with Crippen molar-refractivity contribution in [3.8, 4) is 11.5 Å². The molecule has 1 aliphatic rings. The predicted octanol–water partition coefficient (Wildman–Crippen LogP) is 3.23. The standard InChI is InChI=1S/C23H27N3O5/c1-14(2)15-7-6-8-17(11-15)24-20(27)13-26-21(28)23(3,25-22(26)29)16-9-10-18(30-4)19(12-16)31-5/h6-12,14H,13H2,1-5H3,(H,24,27)(H,25,29). The molecule has 0 saturated carbocycles. The Labute approximate surface area is 181 Å². The summed E-state index contributed by atoms with van der Waals surface area (Å²) in [7, 11) is 3.00. The van der Waals surface area contributed by atoms with E-state index in [0.717, 1.165) is 10.5 Å². The van der Waals surface area contributed by atoms with Crippen LogP contribution in [-0.2, 0) is 15.1 Å². The van der Waals surface area contributed by atoms with Crippen molar-refractivity contribution in [1.82, 2.24) is 10.2 Å². The minimum atomic E-state index is -1.32. The Bertz CT molecular complexity index is 1020. The maximum atomic E-state index is 13.1. The van der Waals surface area contributed by atoms with Crippen LogP contribution in [0.25, 0.3) is 0 Å². The van der Waals surface area contributed by atoms with Crippen LogP contribution in [0.4, 0.5) is 10.5 Å². The van der Waals surface area contributed by atoms with Crippen molar-refractivity contribution in [3.63, 3.8) is 0 Å². The molecule has 0 bridgehead atoms. The monoisotopic (exact) mass is 425 g/mol. The molecule has 8 nitrogen and oxygen atoms in total. The number of methoxy groups -OCH3 is 2. The number of rotatable bonds is 7. The molecule has 0 spiro atoms. The predicted molar refractivity (Wildman–Crippen MR) is 116 cm³/mol. The molecule has 2 aromatic rings. The van der Waals surface area contributed by atoms with Crippen molar-refractivity contribution in [3.05, 3.63) is 53.6 Å². The number of carbonyl (C=O) groups excluding carboxylic acids is 3. The van der Waals surface area contributed by atoms with E-state index >= 15 is 0 Å². The van der Waals surface area contributed by atoms with Gasteiger partial charge in [0.25, 0.3) is 5.91 Å². The second kappa shape index (κ2) is 8.67. The van der Waals surface area contributed by atoms with E-state index in [-0.39, 0.29) is 6.54 Å². The van der Waals surface area contributed by atoms with Gasteiger partial charge in [-0.05, 0) is 48.2 Å². The minimum absolute atomic E-state index is 0.310. The Kier molecular flexibility index (Phi) is 6.19. The molecule has 3 rings (SSSR count). The summed E-state index contributed by atoms with van der Waals surface area (Å²) in [4.78, 5) is 39.1. The Hall–Kier alpha value is -3.55. The van der Waals surface area contributed by atoms with Gasteiger partial charge in [0, 0.05) is 5.69 Å². The van der Waals surface area contributed by atoms with E-state index < -0.39 is 23.4 Å². The zero-order chi connectivity index (χ0) is 22.8. The fourth-order valence-electron chi connectivity index (χ4n) is 3.50. The molecule has 2 aromatic carbocycles. The Balaban J connectivity index is 1.77. The second-order valence-corrected chi connectivity index (χ2v) is 7.84. The summed E-state index contributed by atoms with van der Waals surface area (Å²) in [6.45, 7) is 5.32. The molecule has 4 amide bonds. The lowest BCUT2D eigenvalue weighted by molar-refractivity contribution is -0.133. The molecule has 0 radical (unpaired) electrons. The summed E-state index contributed by atoms with van der Waals surface area (Å²) in [5.41, 5.74) is 0.893. The highest BCUT2D eigenvalue weighted by atomic mass is 16.5. The molecular formula is C23H27N3O5. The molecule has 1 atom stereocenters. The van der Waals surface area contributed by atoms with Crippen LogP contribution in [0.1, 0.15) is 37.8 Å². The van der Waals surface area contributed by atoms with Crippen molar-refractivity contribution < 1.29 is 23.9 Å². The largest absolute Gasteiger partial charge is 0.493 e. The number of nitrogens with zero attached hydrogens (tertiary/aromatic N) is 1. The molecule has 1 fully saturated rings. The van der Waals surface area contributed by atoms with E-state index in [9.17, 15) is 14.4 Å². The van der Waals surface area contributed by atoms with E-state index in [1.165, 1.54) is 14.2 Å². The Morgan fingerprint density at radius 2 is 1.81 bits per heavy atom. The highest BCUT2D eigenvalue weighted by molar-refractivity contribution is 6.10. The first-order valence-electron chi connectivity index (χ1n) is 9.96. The third-order valence-corrected chi connectivity index (χ3v) is 5.37. The van der Waals surface area contributed by atoms with Crippen LogP contribution in [0.15, 0.2) is 42.5 Å². The van der Waals surface area contributed by atoms with Gasteiger partial charge < -0.3 is 20.1 Å². The first-order valence-corrected chi connectivity index (χ1v) is 9.96. The van der Waals surface area contributed by atoms with Gasteiger partial charge in [0.15, 0.2) is 11.5 Å². The summed E-state index contributed by atoms with van der Waals surface area (Å²) in [6.07, 6.45) is 0. The molecule has 1 aliphatic heterocycles. The third kappa shape index (κ3) is 4.33. The van der Waals surface area contributed by atoms with Crippen molar-refractivity contribution >= 4 is 23.5 Å². The Morgan fingerprint density at radius 3 is 2.45 bits per heavy atom. The number of nitrogens with one attached hydrogen (secondary N) is 2. The van der Waals surface area contributed by atoms with Crippen LogP contribution in [-0.4, -0.2) is 43.5 Å². The zero-order valence-electron chi connectivity index (χ0n) is 18.3. The van der Waals surface area contributed by atoms with Crippen molar-refractivity contribution in [1.29, 1.82) is 0 Å². The van der Waals surface area contributed by atoms with Crippen LogP contribution in [0, 0.1) is 0 Å². The molecule has 1 unspecified atom stereocenters. The number of benzene rings is 2. The maximum absolute atomic E-state index is 13.1. The lowest BCUT2D eigenvalue weighted by atomic mass is 9.91. The molecule has 31 heavy (non-hydrogen) atoms. The number of anilines is 1. The van der Waals surface area contributed by atoms with Crippen LogP contribution >= 0.6 is 0 Å². The lowest BCUT2D eigenvalue weighted by Gasteiger charge is -2.23. The summed E-state index contributed by atoms with van der Waals surface area (Å²) in [6, 6.07) is 11.8. The van der Waals surface area contributed by atoms with Crippen LogP contribution < -0.4 is 20.1 Å². The Morgan fingerprint density at radius 1 is 1.10 bits per heavy atom. The van der Waals surface area contributed by atoms with Crippen molar-refractivity contribution in [2.24, 2.45) is 0 Å². The van der Waals surface area contributed by atoms with Gasteiger partial charge >= 0.3 is 6.03 Å². The van der Waals surface area contributed by atoms with E-state index in [1.807, 2.05) is 18.2 Å². The number of carbonyl (C=O) groups is 3. The number of urea groups is 1. The maximum Gasteiger partial charge on any atom is 0.325 e. The minimum Gasteiger partial charge on any atom is -0.493 e. The van der Waals surface area contributed by atoms with Crippen LogP contribution in [0.3, 0.4) is 0 Å². The van der Waals surface area contributed by atoms with E-state index in [1.54, 1.807) is 31.2 Å². The smallest absolute Gasteiger partial charge is 0.325 e. The molecule has 0 aromatic heterocycles. The highest BCUT2D eigenvalue weighted by Gasteiger charge is 2.49. The van der Waals surface area contributed by atoms with Gasteiger partial charge in [0.1, 0.15) is 12.1 Å². The number of amides is 4. The lowest BCUT2D eigenvalue weighted by Crippen LogP contribution is -2.42. The van der Waals surface area contributed by atoms with Gasteiger partial charge in [-0.25, -0.2) is 4.79 Å². The van der Waals surface area contributed by atoms with E-state index in [4.69, 9.17) is 9.47 Å². The number of hydrogen-bond acceptors (Lipinski definition) is 5. The van der Waals surface area contributed by atoms with E-state index in [2.05, 4.69) is 24.5 Å². The third-order valence-electron chi connectivity index (χ3n) is 5.37. The highest BCUT2D eigenvalue weighted by Crippen LogP contribution is 2.35. The van der Waals surface area contributed by atoms with Crippen molar-refractivity contribution in [2.75, 3.05) is 26.1 Å². The fourth-order valence-corrected chi connectivity index (χ4v) is 3.50. The van der Waals surface area contributed by atoms with Crippen molar-refractivity contribution in [2.45, 2.75) is 32.2 Å². The fraction of sp³-hybridized carbons (Fsp3) is 0.348. The average Bonchev–Trinajstić information content (AvgIpc) is 2.97. The number of ether oxygens (including phenoxy) is 2. The normalized spacial score (nSPS) is 18.2. The molecule has 2 N–H and O–H groups in total. The summed E-state index contributed by atoms with van der Waals surface area (Å²) in [5.74, 6) is 0.276. The van der Waals surface area contributed by atoms with Gasteiger partial charge in [-0.2, -0.15) is 0 Å². The molecule has 1 heterocycles. The van der Waals surface area contributed by atoms with Gasteiger partial charge in [-0.15, -0.1) is 0 Å². The SMILES string of the molecule is COc1ccc(C2(C)NC(=O)N(CC(=O)Nc3cccc(C(C)C)c3)C2=O)cc1OC.